The summed E-state index contributed by atoms with van der Waals surface area (Å²) in [6, 6.07) is 5.26. The number of esters is 1. The van der Waals surface area contributed by atoms with Crippen molar-refractivity contribution in [3.8, 4) is 0 Å². The minimum Gasteiger partial charge on any atom is -0.467 e. The molecule has 300 valence electrons. The van der Waals surface area contributed by atoms with E-state index in [0.29, 0.717) is 25.8 Å². The van der Waals surface area contributed by atoms with Gasteiger partial charge in [-0.1, -0.05) is 121 Å². The van der Waals surface area contributed by atoms with E-state index in [2.05, 4.69) is 40.4 Å². The van der Waals surface area contributed by atoms with Crippen LogP contribution in [0.25, 0.3) is 0 Å². The summed E-state index contributed by atoms with van der Waals surface area (Å²) in [7, 11) is 1.24. The standard InChI is InChI=1S/C41H69N5O7/c1-6-8-10-12-14-16-21-27-36(47)42-29-23-26-34(45-37(48)28-22-17-15-13-11-9-7-2)40(51)44-31(3)38(49)43-32(4)39(50)46-35(41(52)53-5)30-33-24-19-18-20-25-33/h18-20,24-25,31-32,34-35H,6-17,21-23,26-30H2,1-5H3,(H,42,47)(H,43,49)(H,44,51)(H,45,48)(H,46,50). The average molecular weight is 744 g/mol. The lowest BCUT2D eigenvalue weighted by molar-refractivity contribution is -0.145. The van der Waals surface area contributed by atoms with E-state index in [9.17, 15) is 28.8 Å². The van der Waals surface area contributed by atoms with E-state index in [1.165, 1.54) is 65.9 Å². The van der Waals surface area contributed by atoms with Crippen LogP contribution in [-0.2, 0) is 39.9 Å². The molecule has 0 aliphatic carbocycles. The smallest absolute Gasteiger partial charge is 0.328 e. The predicted molar refractivity (Wildman–Crippen MR) is 209 cm³/mol. The molecular formula is C41H69N5O7. The van der Waals surface area contributed by atoms with Gasteiger partial charge in [-0.25, -0.2) is 4.79 Å². The van der Waals surface area contributed by atoms with E-state index in [1.54, 1.807) is 0 Å². The number of hydrogen-bond acceptors (Lipinski definition) is 7. The van der Waals surface area contributed by atoms with Crippen molar-refractivity contribution in [1.82, 2.24) is 26.6 Å². The zero-order valence-corrected chi connectivity index (χ0v) is 33.2. The summed E-state index contributed by atoms with van der Waals surface area (Å²) in [6.45, 7) is 7.70. The van der Waals surface area contributed by atoms with E-state index < -0.39 is 47.9 Å². The molecule has 0 bridgehead atoms. The zero-order chi connectivity index (χ0) is 39.3. The summed E-state index contributed by atoms with van der Waals surface area (Å²) in [4.78, 5) is 77.0. The summed E-state index contributed by atoms with van der Waals surface area (Å²) >= 11 is 0. The Bertz CT molecular complexity index is 1210. The minimum absolute atomic E-state index is 0.0241. The van der Waals surface area contributed by atoms with E-state index in [1.807, 2.05) is 30.3 Å². The molecule has 0 aliphatic heterocycles. The van der Waals surface area contributed by atoms with Crippen molar-refractivity contribution in [1.29, 1.82) is 0 Å². The van der Waals surface area contributed by atoms with E-state index >= 15 is 0 Å². The lowest BCUT2D eigenvalue weighted by Gasteiger charge is -2.23. The summed E-state index contributed by atoms with van der Waals surface area (Å²) < 4.78 is 4.86. The molecule has 0 radical (unpaired) electrons. The van der Waals surface area contributed by atoms with Crippen molar-refractivity contribution in [2.45, 2.75) is 174 Å². The van der Waals surface area contributed by atoms with Gasteiger partial charge in [0.15, 0.2) is 0 Å². The molecule has 0 saturated heterocycles. The fourth-order valence-electron chi connectivity index (χ4n) is 5.91. The van der Waals surface area contributed by atoms with Gasteiger partial charge < -0.3 is 31.3 Å². The lowest BCUT2D eigenvalue weighted by atomic mass is 10.1. The van der Waals surface area contributed by atoms with Crippen LogP contribution in [0.3, 0.4) is 0 Å². The fraction of sp³-hybridized carbons (Fsp3) is 0.707. The molecule has 0 fully saturated rings. The highest BCUT2D eigenvalue weighted by Gasteiger charge is 2.28. The topological polar surface area (TPSA) is 172 Å². The zero-order valence-electron chi connectivity index (χ0n) is 33.2. The van der Waals surface area contributed by atoms with Crippen LogP contribution in [0.1, 0.15) is 149 Å². The Morgan fingerprint density at radius 3 is 1.60 bits per heavy atom. The first kappa shape index (κ1) is 47.1. The molecule has 0 heterocycles. The monoisotopic (exact) mass is 744 g/mol. The van der Waals surface area contributed by atoms with Gasteiger partial charge in [0.2, 0.25) is 29.5 Å². The maximum absolute atomic E-state index is 13.4. The van der Waals surface area contributed by atoms with Crippen LogP contribution >= 0.6 is 0 Å². The molecule has 0 saturated carbocycles. The molecule has 4 unspecified atom stereocenters. The normalized spacial score (nSPS) is 13.2. The Balaban J connectivity index is 2.70. The first-order chi connectivity index (χ1) is 25.5. The Labute approximate surface area is 318 Å². The number of benzene rings is 1. The third-order valence-corrected chi connectivity index (χ3v) is 9.25. The number of ether oxygens (including phenoxy) is 1. The summed E-state index contributed by atoms with van der Waals surface area (Å²) in [5.41, 5.74) is 0.825. The molecular weight excluding hydrogens is 674 g/mol. The van der Waals surface area contributed by atoms with Crippen LogP contribution in [0, 0.1) is 0 Å². The number of carbonyl (C=O) groups is 6. The van der Waals surface area contributed by atoms with Crippen LogP contribution in [0.4, 0.5) is 0 Å². The van der Waals surface area contributed by atoms with Gasteiger partial charge in [-0.05, 0) is 45.1 Å². The molecule has 1 aromatic carbocycles. The van der Waals surface area contributed by atoms with Gasteiger partial charge in [0.05, 0.1) is 7.11 Å². The van der Waals surface area contributed by atoms with Crippen molar-refractivity contribution < 1.29 is 33.5 Å². The SMILES string of the molecule is CCCCCCCCCC(=O)NCCCC(NC(=O)CCCCCCCCC)C(=O)NC(C)C(=O)NC(C)C(=O)NC(Cc1ccccc1)C(=O)OC. The lowest BCUT2D eigenvalue weighted by Crippen LogP contribution is -2.56. The summed E-state index contributed by atoms with van der Waals surface area (Å²) in [5.74, 6) is -2.60. The van der Waals surface area contributed by atoms with E-state index in [4.69, 9.17) is 4.74 Å². The number of amides is 5. The predicted octanol–water partition coefficient (Wildman–Crippen LogP) is 5.56. The number of nitrogens with one attached hydrogen (secondary N) is 5. The molecule has 0 aromatic heterocycles. The van der Waals surface area contributed by atoms with Crippen LogP contribution in [-0.4, -0.2) is 73.3 Å². The molecule has 4 atom stereocenters. The second kappa shape index (κ2) is 29.5. The van der Waals surface area contributed by atoms with E-state index in [-0.39, 0.29) is 24.7 Å². The third-order valence-electron chi connectivity index (χ3n) is 9.25. The highest BCUT2D eigenvalue weighted by molar-refractivity contribution is 5.94. The Morgan fingerprint density at radius 2 is 1.06 bits per heavy atom. The number of unbranched alkanes of at least 4 members (excludes halogenated alkanes) is 12. The van der Waals surface area contributed by atoms with Gasteiger partial charge in [-0.2, -0.15) is 0 Å². The van der Waals surface area contributed by atoms with Gasteiger partial charge in [0.1, 0.15) is 24.2 Å². The average Bonchev–Trinajstić information content (AvgIpc) is 3.14. The largest absolute Gasteiger partial charge is 0.467 e. The highest BCUT2D eigenvalue weighted by Crippen LogP contribution is 2.10. The van der Waals surface area contributed by atoms with Crippen LogP contribution in [0.2, 0.25) is 0 Å². The Kier molecular flexibility index (Phi) is 26.2. The van der Waals surface area contributed by atoms with Crippen molar-refractivity contribution in [3.63, 3.8) is 0 Å². The summed E-state index contributed by atoms with van der Waals surface area (Å²) in [5, 5.41) is 13.7. The van der Waals surface area contributed by atoms with Crippen LogP contribution in [0.5, 0.6) is 0 Å². The van der Waals surface area contributed by atoms with Gasteiger partial charge in [-0.15, -0.1) is 0 Å². The third kappa shape index (κ3) is 22.7. The Hall–Kier alpha value is -3.96. The minimum atomic E-state index is -1.03. The summed E-state index contributed by atoms with van der Waals surface area (Å²) in [6.07, 6.45) is 17.1. The van der Waals surface area contributed by atoms with Crippen molar-refractivity contribution in [2.75, 3.05) is 13.7 Å². The quantitative estimate of drug-likeness (QED) is 0.0507. The fourth-order valence-corrected chi connectivity index (χ4v) is 5.91. The van der Waals surface area contributed by atoms with Crippen molar-refractivity contribution in [2.24, 2.45) is 0 Å². The number of hydrogen-bond donors (Lipinski definition) is 5. The number of rotatable bonds is 30. The van der Waals surface area contributed by atoms with Gasteiger partial charge >= 0.3 is 5.97 Å². The molecule has 5 N–H and O–H groups in total. The van der Waals surface area contributed by atoms with Gasteiger partial charge in [0.25, 0.3) is 0 Å². The molecule has 5 amide bonds. The molecule has 0 spiro atoms. The van der Waals surface area contributed by atoms with Gasteiger partial charge in [-0.3, -0.25) is 24.0 Å². The molecule has 0 aliphatic rings. The second-order valence-electron chi connectivity index (χ2n) is 14.1. The maximum Gasteiger partial charge on any atom is 0.328 e. The van der Waals surface area contributed by atoms with Crippen LogP contribution in [0.15, 0.2) is 30.3 Å². The highest BCUT2D eigenvalue weighted by atomic mass is 16.5. The first-order valence-electron chi connectivity index (χ1n) is 20.1. The van der Waals surface area contributed by atoms with Crippen molar-refractivity contribution >= 4 is 35.5 Å². The van der Waals surface area contributed by atoms with Crippen LogP contribution < -0.4 is 26.6 Å². The van der Waals surface area contributed by atoms with Crippen molar-refractivity contribution in [3.05, 3.63) is 35.9 Å². The Morgan fingerprint density at radius 1 is 0.566 bits per heavy atom. The molecule has 12 nitrogen and oxygen atoms in total. The molecule has 1 aromatic rings. The van der Waals surface area contributed by atoms with E-state index in [0.717, 1.165) is 50.5 Å². The molecule has 12 heteroatoms. The first-order valence-corrected chi connectivity index (χ1v) is 20.1. The second-order valence-corrected chi connectivity index (χ2v) is 14.1. The van der Waals surface area contributed by atoms with Gasteiger partial charge in [0, 0.05) is 25.8 Å². The number of methoxy groups -OCH3 is 1. The molecule has 53 heavy (non-hydrogen) atoms. The number of carbonyl (C=O) groups excluding carboxylic acids is 6. The maximum atomic E-state index is 13.4. The molecule has 1 rings (SSSR count).